The number of nitrogens with zero attached hydrogens (tertiary/aromatic N) is 1. The lowest BCUT2D eigenvalue weighted by atomic mass is 9.81. The van der Waals surface area contributed by atoms with Gasteiger partial charge in [-0.1, -0.05) is 32.0 Å². The Kier molecular flexibility index (Phi) is 5.05. The first-order valence-corrected chi connectivity index (χ1v) is 8.17. The summed E-state index contributed by atoms with van der Waals surface area (Å²) in [7, 11) is 0. The van der Waals surface area contributed by atoms with Crippen molar-refractivity contribution in [2.45, 2.75) is 52.0 Å². The zero-order valence-electron chi connectivity index (χ0n) is 13.7. The Morgan fingerprint density at radius 2 is 1.95 bits per heavy atom. The van der Waals surface area contributed by atoms with Crippen LogP contribution in [0.3, 0.4) is 0 Å². The highest BCUT2D eigenvalue weighted by Crippen LogP contribution is 2.40. The number of hydrogen-bond acceptors (Lipinski definition) is 2. The molecule has 2 N–H and O–H groups in total. The summed E-state index contributed by atoms with van der Waals surface area (Å²) in [5.41, 5.74) is 7.13. The Morgan fingerprint density at radius 3 is 2.48 bits per heavy atom. The molecular formula is C18H29FN2. The molecule has 118 valence electrons. The molecular weight excluding hydrogens is 263 g/mol. The Bertz CT molecular complexity index is 470. The molecule has 0 amide bonds. The molecule has 2 rings (SSSR count). The Hall–Kier alpha value is -0.930. The highest BCUT2D eigenvalue weighted by Gasteiger charge is 2.42. The van der Waals surface area contributed by atoms with Crippen LogP contribution in [0.1, 0.15) is 45.6 Å². The first-order chi connectivity index (χ1) is 9.98. The lowest BCUT2D eigenvalue weighted by molar-refractivity contribution is 0.118. The Balaban J connectivity index is 2.17. The molecule has 1 aliphatic heterocycles. The van der Waals surface area contributed by atoms with Crippen LogP contribution >= 0.6 is 0 Å². The topological polar surface area (TPSA) is 29.3 Å². The van der Waals surface area contributed by atoms with Crippen LogP contribution in [0.5, 0.6) is 0 Å². The average Bonchev–Trinajstić information content (AvgIpc) is 2.95. The first kappa shape index (κ1) is 16.4. The third-order valence-corrected chi connectivity index (χ3v) is 5.67. The third kappa shape index (κ3) is 3.29. The second-order valence-electron chi connectivity index (χ2n) is 6.85. The number of benzene rings is 1. The molecule has 1 atom stereocenters. The maximum atomic E-state index is 14.0. The minimum absolute atomic E-state index is 0.117. The lowest BCUT2D eigenvalue weighted by Crippen LogP contribution is -2.53. The van der Waals surface area contributed by atoms with Crippen LogP contribution in [0, 0.1) is 11.2 Å². The quantitative estimate of drug-likeness (QED) is 0.868. The van der Waals surface area contributed by atoms with Gasteiger partial charge in [0.2, 0.25) is 0 Å². The summed E-state index contributed by atoms with van der Waals surface area (Å²) >= 11 is 0. The average molecular weight is 292 g/mol. The van der Waals surface area contributed by atoms with E-state index in [-0.39, 0.29) is 11.4 Å². The van der Waals surface area contributed by atoms with Gasteiger partial charge in [-0.05, 0) is 56.2 Å². The number of halogens is 1. The fourth-order valence-corrected chi connectivity index (χ4v) is 3.59. The molecule has 1 aliphatic rings. The van der Waals surface area contributed by atoms with Gasteiger partial charge in [0.15, 0.2) is 0 Å². The molecule has 1 aromatic carbocycles. The summed E-state index contributed by atoms with van der Waals surface area (Å²) in [6.07, 6.45) is 4.33. The van der Waals surface area contributed by atoms with Gasteiger partial charge in [-0.2, -0.15) is 0 Å². The number of likely N-dealkylation sites (tertiary alicyclic amines) is 1. The highest BCUT2D eigenvalue weighted by atomic mass is 19.1. The van der Waals surface area contributed by atoms with Gasteiger partial charge in [0, 0.05) is 18.6 Å². The van der Waals surface area contributed by atoms with Crippen molar-refractivity contribution in [3.05, 3.63) is 35.6 Å². The van der Waals surface area contributed by atoms with E-state index in [9.17, 15) is 4.39 Å². The van der Waals surface area contributed by atoms with Crippen molar-refractivity contribution >= 4 is 0 Å². The fraction of sp³-hybridized carbons (Fsp3) is 0.667. The Labute approximate surface area is 128 Å². The van der Waals surface area contributed by atoms with Crippen LogP contribution in [0.15, 0.2) is 24.3 Å². The zero-order chi connectivity index (χ0) is 15.5. The number of rotatable bonds is 6. The second kappa shape index (κ2) is 6.45. The van der Waals surface area contributed by atoms with Crippen molar-refractivity contribution in [2.75, 3.05) is 19.6 Å². The van der Waals surface area contributed by atoms with Crippen molar-refractivity contribution in [2.24, 2.45) is 11.1 Å². The highest BCUT2D eigenvalue weighted by molar-refractivity contribution is 5.20. The van der Waals surface area contributed by atoms with Gasteiger partial charge in [0.05, 0.1) is 0 Å². The van der Waals surface area contributed by atoms with Crippen LogP contribution in [-0.2, 0) is 6.42 Å². The van der Waals surface area contributed by atoms with Crippen LogP contribution in [0.25, 0.3) is 0 Å². The van der Waals surface area contributed by atoms with E-state index >= 15 is 0 Å². The Morgan fingerprint density at radius 1 is 1.29 bits per heavy atom. The predicted molar refractivity (Wildman–Crippen MR) is 86.8 cm³/mol. The summed E-state index contributed by atoms with van der Waals surface area (Å²) in [5.74, 6) is -0.117. The monoisotopic (exact) mass is 292 g/mol. The largest absolute Gasteiger partial charge is 0.329 e. The minimum Gasteiger partial charge on any atom is -0.329 e. The van der Waals surface area contributed by atoms with Crippen molar-refractivity contribution < 1.29 is 4.39 Å². The number of nitrogens with two attached hydrogens (primary N) is 1. The smallest absolute Gasteiger partial charge is 0.126 e. The summed E-state index contributed by atoms with van der Waals surface area (Å²) in [6.45, 7) is 9.46. The van der Waals surface area contributed by atoms with Crippen LogP contribution in [0.2, 0.25) is 0 Å². The van der Waals surface area contributed by atoms with Crippen LogP contribution in [-0.4, -0.2) is 30.1 Å². The van der Waals surface area contributed by atoms with Crippen molar-refractivity contribution in [1.29, 1.82) is 0 Å². The van der Waals surface area contributed by atoms with Gasteiger partial charge in [-0.25, -0.2) is 4.39 Å². The van der Waals surface area contributed by atoms with E-state index in [4.69, 9.17) is 5.73 Å². The number of hydrogen-bond donors (Lipinski definition) is 1. The maximum Gasteiger partial charge on any atom is 0.126 e. The molecule has 1 unspecified atom stereocenters. The fourth-order valence-electron chi connectivity index (χ4n) is 3.59. The van der Waals surface area contributed by atoms with Gasteiger partial charge < -0.3 is 5.73 Å². The van der Waals surface area contributed by atoms with Gasteiger partial charge >= 0.3 is 0 Å². The molecule has 0 saturated carbocycles. The molecule has 21 heavy (non-hydrogen) atoms. The molecule has 1 aromatic rings. The van der Waals surface area contributed by atoms with Crippen molar-refractivity contribution in [3.8, 4) is 0 Å². The van der Waals surface area contributed by atoms with Crippen LogP contribution < -0.4 is 5.73 Å². The first-order valence-electron chi connectivity index (χ1n) is 8.17. The molecule has 0 aromatic heterocycles. The SMILES string of the molecule is CCC1(CC)CCN(C(C)(CN)Cc2ccccc2F)C1. The molecule has 1 heterocycles. The van der Waals surface area contributed by atoms with E-state index in [2.05, 4.69) is 25.7 Å². The van der Waals surface area contributed by atoms with Crippen molar-refractivity contribution in [3.63, 3.8) is 0 Å². The van der Waals surface area contributed by atoms with E-state index in [1.165, 1.54) is 19.3 Å². The molecule has 3 heteroatoms. The van der Waals surface area contributed by atoms with Crippen molar-refractivity contribution in [1.82, 2.24) is 4.90 Å². The zero-order valence-corrected chi connectivity index (χ0v) is 13.7. The van der Waals surface area contributed by atoms with Crippen LogP contribution in [0.4, 0.5) is 4.39 Å². The van der Waals surface area contributed by atoms with Gasteiger partial charge in [-0.3, -0.25) is 4.90 Å². The maximum absolute atomic E-state index is 14.0. The molecule has 0 radical (unpaired) electrons. The predicted octanol–water partition coefficient (Wildman–Crippen LogP) is 3.60. The van der Waals surface area contributed by atoms with E-state index in [0.29, 0.717) is 18.4 Å². The molecule has 0 spiro atoms. The third-order valence-electron chi connectivity index (χ3n) is 5.67. The van der Waals surface area contributed by atoms with Gasteiger partial charge in [0.1, 0.15) is 5.82 Å². The standard InChI is InChI=1S/C18H29FN2/c1-4-18(5-2)10-11-21(14-18)17(3,13-20)12-15-8-6-7-9-16(15)19/h6-9H,4-5,10-14,20H2,1-3H3. The molecule has 0 bridgehead atoms. The minimum atomic E-state index is -0.158. The summed E-state index contributed by atoms with van der Waals surface area (Å²) in [5, 5.41) is 0. The van der Waals surface area contributed by atoms with Gasteiger partial charge in [-0.15, -0.1) is 0 Å². The normalized spacial score (nSPS) is 21.4. The summed E-state index contributed by atoms with van der Waals surface area (Å²) in [4.78, 5) is 2.49. The van der Waals surface area contributed by atoms with E-state index in [0.717, 1.165) is 18.7 Å². The molecule has 1 saturated heterocycles. The summed E-state index contributed by atoms with van der Waals surface area (Å²) < 4.78 is 14.0. The lowest BCUT2D eigenvalue weighted by Gasteiger charge is -2.40. The van der Waals surface area contributed by atoms with E-state index in [1.54, 1.807) is 12.1 Å². The molecule has 1 fully saturated rings. The van der Waals surface area contributed by atoms with Gasteiger partial charge in [0.25, 0.3) is 0 Å². The summed E-state index contributed by atoms with van der Waals surface area (Å²) in [6, 6.07) is 7.07. The molecule has 0 aliphatic carbocycles. The molecule has 2 nitrogen and oxygen atoms in total. The van der Waals surface area contributed by atoms with E-state index in [1.807, 2.05) is 12.1 Å². The van der Waals surface area contributed by atoms with E-state index < -0.39 is 0 Å². The second-order valence-corrected chi connectivity index (χ2v) is 6.85.